The third kappa shape index (κ3) is 2.85. The van der Waals surface area contributed by atoms with Crippen LogP contribution in [0.3, 0.4) is 0 Å². The molecule has 1 fully saturated rings. The van der Waals surface area contributed by atoms with Gasteiger partial charge < -0.3 is 14.7 Å². The van der Waals surface area contributed by atoms with Crippen LogP contribution in [0.1, 0.15) is 13.3 Å². The van der Waals surface area contributed by atoms with Crippen LogP contribution in [0.25, 0.3) is 11.0 Å². The number of fused-ring (bicyclic) bond motifs is 1. The topological polar surface area (TPSA) is 75.6 Å². The zero-order valence-corrected chi connectivity index (χ0v) is 12.1. The van der Waals surface area contributed by atoms with E-state index in [2.05, 4.69) is 9.97 Å². The maximum atomic E-state index is 11.1. The van der Waals surface area contributed by atoms with Gasteiger partial charge in [0, 0.05) is 23.9 Å². The largest absolute Gasteiger partial charge is 0.472 e. The van der Waals surface area contributed by atoms with Crippen LogP contribution in [0.5, 0.6) is 5.88 Å². The van der Waals surface area contributed by atoms with Gasteiger partial charge in [0.1, 0.15) is 11.3 Å². The minimum absolute atomic E-state index is 0.0551. The third-order valence-electron chi connectivity index (χ3n) is 3.56. The zero-order chi connectivity index (χ0) is 15.0. The Hall–Kier alpha value is -2.08. The van der Waals surface area contributed by atoms with Gasteiger partial charge in [-0.1, -0.05) is 11.6 Å². The number of carboxylic acid groups (broad SMARTS) is 1. The maximum absolute atomic E-state index is 11.1. The number of pyridine rings is 2. The number of aromatic nitrogens is 2. The third-order valence-corrected chi connectivity index (χ3v) is 3.77. The quantitative estimate of drug-likeness (QED) is 0.863. The van der Waals surface area contributed by atoms with E-state index in [1.54, 1.807) is 12.1 Å². The summed E-state index contributed by atoms with van der Waals surface area (Å²) in [6, 6.07) is 7.10. The van der Waals surface area contributed by atoms with Crippen LogP contribution in [0.15, 0.2) is 24.3 Å². The monoisotopic (exact) mass is 307 g/mol. The molecule has 1 aliphatic heterocycles. The molecule has 0 unspecified atom stereocenters. The minimum atomic E-state index is -0.923. The molecule has 0 bridgehead atoms. The summed E-state index contributed by atoms with van der Waals surface area (Å²) >= 11 is 5.85. The molecule has 110 valence electrons. The Morgan fingerprint density at radius 1 is 1.38 bits per heavy atom. The number of carbonyl (C=O) groups is 1. The van der Waals surface area contributed by atoms with Gasteiger partial charge in [-0.05, 0) is 25.1 Å². The van der Waals surface area contributed by atoms with Crippen LogP contribution in [0.4, 0.5) is 4.79 Å². The molecule has 2 aromatic rings. The van der Waals surface area contributed by atoms with Crippen molar-refractivity contribution in [3.8, 4) is 5.88 Å². The highest BCUT2D eigenvalue weighted by Gasteiger charge is 2.33. The van der Waals surface area contributed by atoms with Gasteiger partial charge in [0.05, 0.1) is 6.54 Å². The Labute approximate surface area is 126 Å². The number of rotatable bonds is 2. The van der Waals surface area contributed by atoms with Gasteiger partial charge >= 0.3 is 6.09 Å². The smallest absolute Gasteiger partial charge is 0.407 e. The second-order valence-electron chi connectivity index (χ2n) is 5.09. The fourth-order valence-electron chi connectivity index (χ4n) is 2.53. The summed E-state index contributed by atoms with van der Waals surface area (Å²) in [7, 11) is 0. The summed E-state index contributed by atoms with van der Waals surface area (Å²) in [6.45, 7) is 2.21. The van der Waals surface area contributed by atoms with Crippen molar-refractivity contribution in [3.63, 3.8) is 0 Å². The van der Waals surface area contributed by atoms with Gasteiger partial charge in [-0.15, -0.1) is 0 Å². The van der Waals surface area contributed by atoms with E-state index in [0.29, 0.717) is 29.6 Å². The highest BCUT2D eigenvalue weighted by molar-refractivity contribution is 6.29. The van der Waals surface area contributed by atoms with E-state index in [-0.39, 0.29) is 12.1 Å². The normalized spacial score (nSPS) is 21.7. The summed E-state index contributed by atoms with van der Waals surface area (Å²) in [5.74, 6) is 0.432. The van der Waals surface area contributed by atoms with E-state index in [4.69, 9.17) is 21.4 Å². The number of hydrogen-bond donors (Lipinski definition) is 1. The van der Waals surface area contributed by atoms with Crippen molar-refractivity contribution in [2.75, 3.05) is 6.54 Å². The van der Waals surface area contributed by atoms with E-state index in [9.17, 15) is 4.79 Å². The molecule has 7 heteroatoms. The highest BCUT2D eigenvalue weighted by atomic mass is 35.5. The van der Waals surface area contributed by atoms with Gasteiger partial charge in [0.2, 0.25) is 5.88 Å². The van der Waals surface area contributed by atoms with Gasteiger partial charge in [-0.2, -0.15) is 4.98 Å². The molecule has 21 heavy (non-hydrogen) atoms. The molecule has 0 radical (unpaired) electrons. The maximum Gasteiger partial charge on any atom is 0.407 e. The van der Waals surface area contributed by atoms with Crippen LogP contribution in [-0.4, -0.2) is 44.8 Å². The fraction of sp³-hybridized carbons (Fsp3) is 0.357. The van der Waals surface area contributed by atoms with E-state index in [0.717, 1.165) is 5.39 Å². The first-order valence-corrected chi connectivity index (χ1v) is 7.00. The Kier molecular flexibility index (Phi) is 3.55. The van der Waals surface area contributed by atoms with Crippen LogP contribution in [0, 0.1) is 0 Å². The number of amides is 1. The fourth-order valence-corrected chi connectivity index (χ4v) is 2.67. The molecule has 1 amide bonds. The standard InChI is InChI=1S/C14H14ClN3O3/c1-8-6-10(7-18(8)14(19)20)21-12-5-3-9-2-4-11(15)16-13(9)17-12/h2-5,8,10H,6-7H2,1H3,(H,19,20)/t8-,10+/m0/s1. The Balaban J connectivity index is 1.78. The van der Waals surface area contributed by atoms with Crippen molar-refractivity contribution in [1.29, 1.82) is 0 Å². The van der Waals surface area contributed by atoms with Gasteiger partial charge in [0.25, 0.3) is 0 Å². The first kappa shape index (κ1) is 13.9. The average molecular weight is 308 g/mol. The molecule has 3 heterocycles. The van der Waals surface area contributed by atoms with E-state index in [1.807, 2.05) is 19.1 Å². The highest BCUT2D eigenvalue weighted by Crippen LogP contribution is 2.23. The Bertz CT molecular complexity index is 694. The lowest BCUT2D eigenvalue weighted by molar-refractivity contribution is 0.136. The number of halogens is 1. The molecular formula is C14H14ClN3O3. The lowest BCUT2D eigenvalue weighted by Gasteiger charge is -2.16. The lowest BCUT2D eigenvalue weighted by Crippen LogP contribution is -2.33. The SMILES string of the molecule is C[C@H]1C[C@@H](Oc2ccc3ccc(Cl)nc3n2)CN1C(=O)O. The predicted octanol–water partition coefficient (Wildman–Crippen LogP) is 2.80. The first-order valence-electron chi connectivity index (χ1n) is 6.62. The van der Waals surface area contributed by atoms with Gasteiger partial charge in [-0.25, -0.2) is 9.78 Å². The van der Waals surface area contributed by atoms with E-state index < -0.39 is 6.09 Å². The molecule has 2 aromatic heterocycles. The summed E-state index contributed by atoms with van der Waals surface area (Å²) in [4.78, 5) is 20.9. The molecule has 1 aliphatic rings. The van der Waals surface area contributed by atoms with Crippen molar-refractivity contribution >= 4 is 28.7 Å². The van der Waals surface area contributed by atoms with Crippen molar-refractivity contribution < 1.29 is 14.6 Å². The van der Waals surface area contributed by atoms with Crippen LogP contribution < -0.4 is 4.74 Å². The average Bonchev–Trinajstić information content (AvgIpc) is 2.79. The minimum Gasteiger partial charge on any atom is -0.472 e. The molecule has 0 spiro atoms. The second kappa shape index (κ2) is 5.37. The molecular weight excluding hydrogens is 294 g/mol. The van der Waals surface area contributed by atoms with Crippen LogP contribution in [-0.2, 0) is 0 Å². The predicted molar refractivity (Wildman–Crippen MR) is 77.8 cm³/mol. The second-order valence-corrected chi connectivity index (χ2v) is 5.48. The summed E-state index contributed by atoms with van der Waals surface area (Å²) in [5, 5.41) is 10.3. The molecule has 0 aliphatic carbocycles. The van der Waals surface area contributed by atoms with Crippen LogP contribution in [0.2, 0.25) is 5.15 Å². The zero-order valence-electron chi connectivity index (χ0n) is 11.4. The molecule has 3 rings (SSSR count). The Morgan fingerprint density at radius 2 is 2.14 bits per heavy atom. The molecule has 2 atom stereocenters. The van der Waals surface area contributed by atoms with Crippen molar-refractivity contribution in [3.05, 3.63) is 29.4 Å². The van der Waals surface area contributed by atoms with E-state index in [1.165, 1.54) is 4.90 Å². The molecule has 0 saturated carbocycles. The van der Waals surface area contributed by atoms with Crippen molar-refractivity contribution in [2.24, 2.45) is 0 Å². The first-order chi connectivity index (χ1) is 10.0. The number of hydrogen-bond acceptors (Lipinski definition) is 4. The molecule has 1 N–H and O–H groups in total. The van der Waals surface area contributed by atoms with Crippen LogP contribution >= 0.6 is 11.6 Å². The summed E-state index contributed by atoms with van der Waals surface area (Å²) in [5.41, 5.74) is 0.515. The lowest BCUT2D eigenvalue weighted by atomic mass is 10.2. The number of likely N-dealkylation sites (tertiary alicyclic amines) is 1. The number of ether oxygens (including phenoxy) is 1. The van der Waals surface area contributed by atoms with Gasteiger partial charge in [-0.3, -0.25) is 0 Å². The van der Waals surface area contributed by atoms with Crippen molar-refractivity contribution in [1.82, 2.24) is 14.9 Å². The Morgan fingerprint density at radius 3 is 2.86 bits per heavy atom. The van der Waals surface area contributed by atoms with Gasteiger partial charge in [0.15, 0.2) is 5.65 Å². The van der Waals surface area contributed by atoms with Crippen molar-refractivity contribution in [2.45, 2.75) is 25.5 Å². The van der Waals surface area contributed by atoms with E-state index >= 15 is 0 Å². The molecule has 0 aromatic carbocycles. The molecule has 6 nitrogen and oxygen atoms in total. The molecule has 1 saturated heterocycles. The summed E-state index contributed by atoms with van der Waals surface area (Å²) < 4.78 is 5.77. The number of nitrogens with zero attached hydrogens (tertiary/aromatic N) is 3. The summed E-state index contributed by atoms with van der Waals surface area (Å²) in [6.07, 6.45) is -0.469.